The molecule has 0 saturated carbocycles. The minimum absolute atomic E-state index is 0.128. The number of piperidine rings is 1. The van der Waals surface area contributed by atoms with E-state index in [1.807, 2.05) is 6.07 Å². The van der Waals surface area contributed by atoms with Gasteiger partial charge in [0, 0.05) is 38.8 Å². The van der Waals surface area contributed by atoms with E-state index in [0.717, 1.165) is 70.0 Å². The van der Waals surface area contributed by atoms with Crippen LogP contribution in [0.15, 0.2) is 24.3 Å². The third-order valence-corrected chi connectivity index (χ3v) is 5.95. The second kappa shape index (κ2) is 7.98. The number of carbonyl (C=O) groups excluding carboxylic acids is 1. The second-order valence-corrected chi connectivity index (χ2v) is 7.97. The molecule has 2 aliphatic heterocycles. The lowest BCUT2D eigenvalue weighted by Gasteiger charge is -2.38. The number of aromatic nitrogens is 2. The molecular formula is C21H31N5O. The number of para-hydroxylation sites is 2. The number of nitrogens with zero attached hydrogens (tertiary/aromatic N) is 4. The van der Waals surface area contributed by atoms with E-state index in [9.17, 15) is 4.79 Å². The molecule has 2 aliphatic rings. The molecule has 1 aromatic heterocycles. The van der Waals surface area contributed by atoms with Crippen molar-refractivity contribution in [2.45, 2.75) is 45.8 Å². The standard InChI is InChI=1S/C21H31N5O/c1-3-26-19-9-5-4-8-18(19)23-20(26)15-24-11-6-7-17(14-24)21(27)25-12-10-22-16(2)13-25/h4-5,8-9,16-17,22H,3,6-7,10-15H2,1-2H3/t16-,17-/m1/s1. The lowest BCUT2D eigenvalue weighted by atomic mass is 9.96. The van der Waals surface area contributed by atoms with E-state index >= 15 is 0 Å². The third kappa shape index (κ3) is 3.87. The van der Waals surface area contributed by atoms with Crippen LogP contribution >= 0.6 is 0 Å². The Bertz CT molecular complexity index is 801. The molecule has 3 heterocycles. The van der Waals surface area contributed by atoms with Gasteiger partial charge in [-0.2, -0.15) is 0 Å². The summed E-state index contributed by atoms with van der Waals surface area (Å²) in [6, 6.07) is 8.74. The minimum Gasteiger partial charge on any atom is -0.340 e. The molecule has 0 radical (unpaired) electrons. The van der Waals surface area contributed by atoms with Crippen molar-refractivity contribution in [1.29, 1.82) is 0 Å². The van der Waals surface area contributed by atoms with E-state index in [-0.39, 0.29) is 5.92 Å². The Balaban J connectivity index is 1.45. The highest BCUT2D eigenvalue weighted by Crippen LogP contribution is 2.23. The molecule has 27 heavy (non-hydrogen) atoms. The molecule has 146 valence electrons. The first-order chi connectivity index (χ1) is 13.2. The summed E-state index contributed by atoms with van der Waals surface area (Å²) < 4.78 is 2.30. The van der Waals surface area contributed by atoms with Crippen LogP contribution in [0.2, 0.25) is 0 Å². The molecule has 2 saturated heterocycles. The fourth-order valence-electron chi connectivity index (χ4n) is 4.59. The van der Waals surface area contributed by atoms with Crippen molar-refractivity contribution in [2.75, 3.05) is 32.7 Å². The molecule has 6 heteroatoms. The Morgan fingerprint density at radius 2 is 2.11 bits per heavy atom. The van der Waals surface area contributed by atoms with Crippen LogP contribution in [0.4, 0.5) is 0 Å². The third-order valence-electron chi connectivity index (χ3n) is 5.95. The first-order valence-corrected chi connectivity index (χ1v) is 10.3. The van der Waals surface area contributed by atoms with Crippen LogP contribution in [-0.2, 0) is 17.9 Å². The van der Waals surface area contributed by atoms with Crippen LogP contribution < -0.4 is 5.32 Å². The van der Waals surface area contributed by atoms with Crippen LogP contribution in [0.1, 0.15) is 32.5 Å². The van der Waals surface area contributed by atoms with Gasteiger partial charge in [-0.15, -0.1) is 0 Å². The smallest absolute Gasteiger partial charge is 0.227 e. The summed E-state index contributed by atoms with van der Waals surface area (Å²) in [5.41, 5.74) is 2.27. The number of amides is 1. The Labute approximate surface area is 161 Å². The van der Waals surface area contributed by atoms with Gasteiger partial charge >= 0.3 is 0 Å². The molecule has 2 aromatic rings. The number of piperazine rings is 1. The monoisotopic (exact) mass is 369 g/mol. The average molecular weight is 370 g/mol. The molecule has 6 nitrogen and oxygen atoms in total. The van der Waals surface area contributed by atoms with E-state index in [0.29, 0.717) is 11.9 Å². The molecule has 1 aromatic carbocycles. The van der Waals surface area contributed by atoms with Crippen LogP contribution in [0.3, 0.4) is 0 Å². The van der Waals surface area contributed by atoms with E-state index in [2.05, 4.69) is 51.7 Å². The van der Waals surface area contributed by atoms with Crippen molar-refractivity contribution < 1.29 is 4.79 Å². The highest BCUT2D eigenvalue weighted by Gasteiger charge is 2.31. The molecular weight excluding hydrogens is 338 g/mol. The number of benzene rings is 1. The number of likely N-dealkylation sites (tertiary alicyclic amines) is 1. The van der Waals surface area contributed by atoms with Crippen LogP contribution in [0.25, 0.3) is 11.0 Å². The molecule has 1 amide bonds. The normalized spacial score (nSPS) is 24.4. The highest BCUT2D eigenvalue weighted by atomic mass is 16.2. The van der Waals surface area contributed by atoms with Gasteiger partial charge in [-0.05, 0) is 45.4 Å². The first-order valence-electron chi connectivity index (χ1n) is 10.3. The second-order valence-electron chi connectivity index (χ2n) is 7.97. The van der Waals surface area contributed by atoms with Gasteiger partial charge in [0.1, 0.15) is 5.82 Å². The molecule has 0 bridgehead atoms. The number of fused-ring (bicyclic) bond motifs is 1. The molecule has 0 aliphatic carbocycles. The minimum atomic E-state index is 0.128. The number of hydrogen-bond donors (Lipinski definition) is 1. The van der Waals surface area contributed by atoms with E-state index in [4.69, 9.17) is 4.98 Å². The van der Waals surface area contributed by atoms with Gasteiger partial charge in [0.25, 0.3) is 0 Å². The lowest BCUT2D eigenvalue weighted by molar-refractivity contribution is -0.138. The molecule has 2 atom stereocenters. The topological polar surface area (TPSA) is 53.4 Å². The summed E-state index contributed by atoms with van der Waals surface area (Å²) in [7, 11) is 0. The van der Waals surface area contributed by atoms with E-state index < -0.39 is 0 Å². The predicted molar refractivity (Wildman–Crippen MR) is 107 cm³/mol. The number of hydrogen-bond acceptors (Lipinski definition) is 4. The maximum atomic E-state index is 13.0. The SMILES string of the molecule is CCn1c(CN2CCC[C@@H](C(=O)N3CCN[C@H](C)C3)C2)nc2ccccc21. The van der Waals surface area contributed by atoms with Gasteiger partial charge in [0.2, 0.25) is 5.91 Å². The van der Waals surface area contributed by atoms with Crippen molar-refractivity contribution in [2.24, 2.45) is 5.92 Å². The number of carbonyl (C=O) groups is 1. The zero-order valence-corrected chi connectivity index (χ0v) is 16.5. The molecule has 4 rings (SSSR count). The Kier molecular flexibility index (Phi) is 5.45. The lowest BCUT2D eigenvalue weighted by Crippen LogP contribution is -2.54. The predicted octanol–water partition coefficient (Wildman–Crippen LogP) is 2.09. The molecule has 2 fully saturated rings. The van der Waals surface area contributed by atoms with Gasteiger partial charge in [-0.3, -0.25) is 9.69 Å². The molecule has 1 N–H and O–H groups in total. The Morgan fingerprint density at radius 1 is 1.26 bits per heavy atom. The summed E-state index contributed by atoms with van der Waals surface area (Å²) >= 11 is 0. The number of rotatable bonds is 4. The highest BCUT2D eigenvalue weighted by molar-refractivity contribution is 5.79. The Morgan fingerprint density at radius 3 is 2.93 bits per heavy atom. The van der Waals surface area contributed by atoms with E-state index in [1.165, 1.54) is 5.52 Å². The Hall–Kier alpha value is -1.92. The summed E-state index contributed by atoms with van der Waals surface area (Å²) in [5, 5.41) is 3.42. The van der Waals surface area contributed by atoms with Crippen molar-refractivity contribution in [3.05, 3.63) is 30.1 Å². The van der Waals surface area contributed by atoms with Gasteiger partial charge in [-0.25, -0.2) is 4.98 Å². The summed E-state index contributed by atoms with van der Waals surface area (Å²) in [4.78, 5) is 22.4. The van der Waals surface area contributed by atoms with Crippen LogP contribution in [0, 0.1) is 5.92 Å². The quantitative estimate of drug-likeness (QED) is 0.897. The largest absolute Gasteiger partial charge is 0.340 e. The zero-order chi connectivity index (χ0) is 18.8. The van der Waals surface area contributed by atoms with Crippen LogP contribution in [0.5, 0.6) is 0 Å². The summed E-state index contributed by atoms with van der Waals surface area (Å²) in [6.07, 6.45) is 2.10. The number of imidazole rings is 1. The molecule has 0 spiro atoms. The fourth-order valence-corrected chi connectivity index (χ4v) is 4.59. The maximum absolute atomic E-state index is 13.0. The molecule has 0 unspecified atom stereocenters. The van der Waals surface area contributed by atoms with E-state index in [1.54, 1.807) is 0 Å². The summed E-state index contributed by atoms with van der Waals surface area (Å²) in [5.74, 6) is 1.59. The van der Waals surface area contributed by atoms with Gasteiger partial charge in [-0.1, -0.05) is 12.1 Å². The van der Waals surface area contributed by atoms with Gasteiger partial charge in [0.05, 0.1) is 23.5 Å². The zero-order valence-electron chi connectivity index (χ0n) is 16.5. The van der Waals surface area contributed by atoms with Crippen molar-refractivity contribution in [3.63, 3.8) is 0 Å². The van der Waals surface area contributed by atoms with Crippen molar-refractivity contribution >= 4 is 16.9 Å². The van der Waals surface area contributed by atoms with Crippen molar-refractivity contribution in [1.82, 2.24) is 24.7 Å². The van der Waals surface area contributed by atoms with Gasteiger partial charge in [0.15, 0.2) is 0 Å². The maximum Gasteiger partial charge on any atom is 0.227 e. The van der Waals surface area contributed by atoms with Crippen LogP contribution in [-0.4, -0.2) is 64.0 Å². The number of aryl methyl sites for hydroxylation is 1. The van der Waals surface area contributed by atoms with Gasteiger partial charge < -0.3 is 14.8 Å². The van der Waals surface area contributed by atoms with Crippen molar-refractivity contribution in [3.8, 4) is 0 Å². The first kappa shape index (κ1) is 18.4. The average Bonchev–Trinajstić information content (AvgIpc) is 3.04. The fraction of sp³-hybridized carbons (Fsp3) is 0.619. The summed E-state index contributed by atoms with van der Waals surface area (Å²) in [6.45, 7) is 10.6. The number of nitrogens with one attached hydrogen (secondary N) is 1.